The summed E-state index contributed by atoms with van der Waals surface area (Å²) in [5, 5.41) is 6.92. The van der Waals surface area contributed by atoms with Crippen molar-refractivity contribution < 1.29 is 4.79 Å². The number of aryl methyl sites for hydroxylation is 1. The predicted octanol–water partition coefficient (Wildman–Crippen LogP) is 3.48. The highest BCUT2D eigenvalue weighted by molar-refractivity contribution is 7.22. The summed E-state index contributed by atoms with van der Waals surface area (Å²) in [4.78, 5) is 25.2. The quantitative estimate of drug-likeness (QED) is 0.566. The van der Waals surface area contributed by atoms with Crippen LogP contribution in [0.15, 0.2) is 30.6 Å². The van der Waals surface area contributed by atoms with Crippen LogP contribution < -0.4 is 10.6 Å². The number of aromatic nitrogens is 4. The van der Waals surface area contributed by atoms with Gasteiger partial charge in [0.1, 0.15) is 15.2 Å². The SMILES string of the molecule is CNc1nc2nc(-c3cccc([C@H](C)NC(C)=O)c3)sc2c2c1ncn2C. The maximum Gasteiger partial charge on any atom is 0.217 e. The Labute approximate surface area is 160 Å². The van der Waals surface area contributed by atoms with E-state index in [-0.39, 0.29) is 11.9 Å². The molecule has 0 aliphatic carbocycles. The fourth-order valence-corrected chi connectivity index (χ4v) is 4.29. The Balaban J connectivity index is 1.84. The van der Waals surface area contributed by atoms with E-state index in [4.69, 9.17) is 4.98 Å². The number of benzene rings is 1. The van der Waals surface area contributed by atoms with Crippen molar-refractivity contribution in [2.75, 3.05) is 12.4 Å². The van der Waals surface area contributed by atoms with Crippen LogP contribution in [0.1, 0.15) is 25.5 Å². The lowest BCUT2D eigenvalue weighted by Gasteiger charge is -2.13. The van der Waals surface area contributed by atoms with Crippen LogP contribution in [0.5, 0.6) is 0 Å². The summed E-state index contributed by atoms with van der Waals surface area (Å²) in [6, 6.07) is 8.03. The normalized spacial score (nSPS) is 12.4. The number of anilines is 1. The average Bonchev–Trinajstić information content (AvgIpc) is 3.24. The van der Waals surface area contributed by atoms with Crippen molar-refractivity contribution in [3.05, 3.63) is 36.2 Å². The Kier molecular flexibility index (Phi) is 4.27. The molecule has 0 saturated heterocycles. The molecule has 0 fully saturated rings. The van der Waals surface area contributed by atoms with Crippen molar-refractivity contribution >= 4 is 44.4 Å². The van der Waals surface area contributed by atoms with Gasteiger partial charge in [-0.15, -0.1) is 11.3 Å². The van der Waals surface area contributed by atoms with Gasteiger partial charge in [0.2, 0.25) is 5.91 Å². The number of thiazole rings is 1. The van der Waals surface area contributed by atoms with E-state index in [1.807, 2.05) is 43.8 Å². The molecule has 1 amide bonds. The van der Waals surface area contributed by atoms with Gasteiger partial charge in [0.25, 0.3) is 0 Å². The van der Waals surface area contributed by atoms with Crippen molar-refractivity contribution in [2.24, 2.45) is 7.05 Å². The molecule has 1 atom stereocenters. The Hall–Kier alpha value is -3.00. The molecule has 1 aromatic carbocycles. The Morgan fingerprint density at radius 2 is 2.11 bits per heavy atom. The highest BCUT2D eigenvalue weighted by Gasteiger charge is 2.17. The molecule has 8 heteroatoms. The fraction of sp³-hybridized carbons (Fsp3) is 0.263. The van der Waals surface area contributed by atoms with E-state index in [9.17, 15) is 4.79 Å². The number of rotatable bonds is 4. The Morgan fingerprint density at radius 1 is 1.30 bits per heavy atom. The fourth-order valence-electron chi connectivity index (χ4n) is 3.20. The standard InChI is InChI=1S/C19H20N6OS/c1-10(22-11(2)26)12-6-5-7-13(8-12)19-24-18-16(27-19)15-14(17(20-3)23-18)21-9-25(15)4/h5-10H,1-4H3,(H,20,23)(H,22,26)/t10-/m0/s1. The number of pyridine rings is 1. The molecule has 2 N–H and O–H groups in total. The molecule has 0 unspecified atom stereocenters. The van der Waals surface area contributed by atoms with E-state index in [0.29, 0.717) is 5.65 Å². The minimum Gasteiger partial charge on any atom is -0.371 e. The van der Waals surface area contributed by atoms with Crippen LogP contribution in [-0.4, -0.2) is 32.5 Å². The summed E-state index contributed by atoms with van der Waals surface area (Å²) < 4.78 is 3.01. The Morgan fingerprint density at radius 3 is 2.85 bits per heavy atom. The van der Waals surface area contributed by atoms with Crippen molar-refractivity contribution in [3.8, 4) is 10.6 Å². The molecule has 3 heterocycles. The maximum atomic E-state index is 11.3. The van der Waals surface area contributed by atoms with Gasteiger partial charge in [-0.1, -0.05) is 18.2 Å². The molecule has 0 spiro atoms. The minimum atomic E-state index is -0.0605. The molecule has 0 radical (unpaired) electrons. The summed E-state index contributed by atoms with van der Waals surface area (Å²) in [5.41, 5.74) is 4.62. The first-order chi connectivity index (χ1) is 13.0. The first kappa shape index (κ1) is 17.4. The van der Waals surface area contributed by atoms with Gasteiger partial charge < -0.3 is 15.2 Å². The predicted molar refractivity (Wildman–Crippen MR) is 109 cm³/mol. The number of fused-ring (bicyclic) bond motifs is 3. The third kappa shape index (κ3) is 3.02. The number of hydrogen-bond acceptors (Lipinski definition) is 6. The largest absolute Gasteiger partial charge is 0.371 e. The van der Waals surface area contributed by atoms with E-state index < -0.39 is 0 Å². The summed E-state index contributed by atoms with van der Waals surface area (Å²) in [5.74, 6) is 0.679. The minimum absolute atomic E-state index is 0.0460. The van der Waals surface area contributed by atoms with Crippen LogP contribution >= 0.6 is 11.3 Å². The molecule has 4 rings (SSSR count). The molecular weight excluding hydrogens is 360 g/mol. The van der Waals surface area contributed by atoms with E-state index >= 15 is 0 Å². The van der Waals surface area contributed by atoms with E-state index in [2.05, 4.69) is 26.7 Å². The van der Waals surface area contributed by atoms with Crippen LogP contribution in [0, 0.1) is 0 Å². The molecule has 0 aliphatic rings. The molecule has 0 bridgehead atoms. The molecule has 0 saturated carbocycles. The van der Waals surface area contributed by atoms with Gasteiger partial charge in [-0.25, -0.2) is 15.0 Å². The first-order valence-electron chi connectivity index (χ1n) is 8.64. The number of nitrogens with one attached hydrogen (secondary N) is 2. The third-order valence-electron chi connectivity index (χ3n) is 4.49. The molecule has 4 aromatic rings. The lowest BCUT2D eigenvalue weighted by atomic mass is 10.1. The molecule has 138 valence electrons. The number of nitrogens with zero attached hydrogens (tertiary/aromatic N) is 4. The van der Waals surface area contributed by atoms with E-state index in [1.165, 1.54) is 6.92 Å². The van der Waals surface area contributed by atoms with Crippen LogP contribution in [0.3, 0.4) is 0 Å². The lowest BCUT2D eigenvalue weighted by molar-refractivity contribution is -0.119. The number of imidazole rings is 1. The summed E-state index contributed by atoms with van der Waals surface area (Å²) in [7, 11) is 3.81. The van der Waals surface area contributed by atoms with Crippen molar-refractivity contribution in [1.82, 2.24) is 24.8 Å². The van der Waals surface area contributed by atoms with Gasteiger partial charge >= 0.3 is 0 Å². The van der Waals surface area contributed by atoms with Crippen LogP contribution in [0.4, 0.5) is 5.82 Å². The zero-order chi connectivity index (χ0) is 19.1. The molecule has 27 heavy (non-hydrogen) atoms. The number of hydrogen-bond donors (Lipinski definition) is 2. The van der Waals surface area contributed by atoms with Crippen molar-refractivity contribution in [3.63, 3.8) is 0 Å². The summed E-state index contributed by atoms with van der Waals surface area (Å²) in [6.45, 7) is 3.50. The zero-order valence-corrected chi connectivity index (χ0v) is 16.4. The summed E-state index contributed by atoms with van der Waals surface area (Å²) in [6.07, 6.45) is 1.79. The molecule has 0 aliphatic heterocycles. The number of carbonyl (C=O) groups excluding carboxylic acids is 1. The van der Waals surface area contributed by atoms with Gasteiger partial charge in [0.05, 0.1) is 17.9 Å². The second-order valence-electron chi connectivity index (χ2n) is 6.48. The van der Waals surface area contributed by atoms with Gasteiger partial charge in [-0.2, -0.15) is 0 Å². The maximum absolute atomic E-state index is 11.3. The average molecular weight is 380 g/mol. The zero-order valence-electron chi connectivity index (χ0n) is 15.6. The number of carbonyl (C=O) groups is 1. The summed E-state index contributed by atoms with van der Waals surface area (Å²) >= 11 is 1.60. The van der Waals surface area contributed by atoms with Gasteiger partial charge in [0, 0.05) is 26.6 Å². The van der Waals surface area contributed by atoms with Crippen LogP contribution in [0.2, 0.25) is 0 Å². The first-order valence-corrected chi connectivity index (χ1v) is 9.46. The Bertz CT molecular complexity index is 1160. The van der Waals surface area contributed by atoms with Gasteiger partial charge in [0.15, 0.2) is 11.5 Å². The second kappa shape index (κ2) is 6.62. The molecular formula is C19H20N6OS. The highest BCUT2D eigenvalue weighted by Crippen LogP contribution is 2.36. The molecule has 3 aromatic heterocycles. The smallest absolute Gasteiger partial charge is 0.217 e. The van der Waals surface area contributed by atoms with Crippen molar-refractivity contribution in [2.45, 2.75) is 19.9 Å². The third-order valence-corrected chi connectivity index (χ3v) is 5.59. The number of amides is 1. The lowest BCUT2D eigenvalue weighted by Crippen LogP contribution is -2.23. The van der Waals surface area contributed by atoms with Crippen LogP contribution in [0.25, 0.3) is 32.0 Å². The monoisotopic (exact) mass is 380 g/mol. The highest BCUT2D eigenvalue weighted by atomic mass is 32.1. The molecule has 7 nitrogen and oxygen atoms in total. The van der Waals surface area contributed by atoms with Crippen LogP contribution in [-0.2, 0) is 11.8 Å². The second-order valence-corrected chi connectivity index (χ2v) is 7.48. The topological polar surface area (TPSA) is 84.7 Å². The van der Waals surface area contributed by atoms with E-state index in [1.54, 1.807) is 17.7 Å². The van der Waals surface area contributed by atoms with Crippen molar-refractivity contribution in [1.29, 1.82) is 0 Å². The van der Waals surface area contributed by atoms with E-state index in [0.717, 1.165) is 37.7 Å². The van der Waals surface area contributed by atoms with Gasteiger partial charge in [-0.3, -0.25) is 4.79 Å². The van der Waals surface area contributed by atoms with Gasteiger partial charge in [-0.05, 0) is 18.6 Å².